The number of benzene rings is 2. The Bertz CT molecular complexity index is 604. The number of aliphatic hydroxyl groups is 1. The second-order valence-corrected chi connectivity index (χ2v) is 5.56. The van der Waals surface area contributed by atoms with Gasteiger partial charge in [0.1, 0.15) is 6.10 Å². The summed E-state index contributed by atoms with van der Waals surface area (Å²) in [5, 5.41) is 11.4. The van der Waals surface area contributed by atoms with E-state index >= 15 is 0 Å². The summed E-state index contributed by atoms with van der Waals surface area (Å²) < 4.78 is 0. The van der Waals surface area contributed by atoms with Crippen LogP contribution in [0.3, 0.4) is 0 Å². The Kier molecular flexibility index (Phi) is 4.85. The smallest absolute Gasteiger partial charge is 0.104 e. The largest absolute Gasteiger partial charge is 0.384 e. The molecule has 1 nitrogen and oxygen atoms in total. The normalized spacial score (nSPS) is 12.4. The van der Waals surface area contributed by atoms with Crippen molar-refractivity contribution in [3.8, 4) is 0 Å². The standard InChI is InChI=1S/C18H21ClO/c1-4-13-7-9-14(5-2)16(10-13)18(20)15-8-6-12(3)17(19)11-15/h6-11,18,20H,4-5H2,1-3H3. The molecule has 0 aromatic heterocycles. The van der Waals surface area contributed by atoms with E-state index in [-0.39, 0.29) is 0 Å². The van der Waals surface area contributed by atoms with Crippen molar-refractivity contribution in [3.63, 3.8) is 0 Å². The van der Waals surface area contributed by atoms with Gasteiger partial charge in [0.25, 0.3) is 0 Å². The number of hydrogen-bond donors (Lipinski definition) is 1. The van der Waals surface area contributed by atoms with E-state index in [1.165, 1.54) is 11.1 Å². The summed E-state index contributed by atoms with van der Waals surface area (Å²) in [6, 6.07) is 12.1. The van der Waals surface area contributed by atoms with Crippen molar-refractivity contribution in [1.82, 2.24) is 0 Å². The first-order chi connectivity index (χ1) is 9.56. The Hall–Kier alpha value is -1.31. The third-order valence-corrected chi connectivity index (χ3v) is 4.21. The average molecular weight is 289 g/mol. The Morgan fingerprint density at radius 2 is 1.80 bits per heavy atom. The van der Waals surface area contributed by atoms with Crippen LogP contribution in [0.25, 0.3) is 0 Å². The first-order valence-corrected chi connectivity index (χ1v) is 7.50. The zero-order valence-electron chi connectivity index (χ0n) is 12.3. The summed E-state index contributed by atoms with van der Waals surface area (Å²) in [5.74, 6) is 0. The minimum atomic E-state index is -0.616. The topological polar surface area (TPSA) is 20.2 Å². The second-order valence-electron chi connectivity index (χ2n) is 5.15. The highest BCUT2D eigenvalue weighted by Gasteiger charge is 2.15. The van der Waals surface area contributed by atoms with E-state index < -0.39 is 6.10 Å². The number of aryl methyl sites for hydroxylation is 3. The van der Waals surface area contributed by atoms with Crippen LogP contribution in [0, 0.1) is 6.92 Å². The number of hydrogen-bond acceptors (Lipinski definition) is 1. The monoisotopic (exact) mass is 288 g/mol. The molecular formula is C18H21ClO. The summed E-state index contributed by atoms with van der Waals surface area (Å²) in [5.41, 5.74) is 5.30. The number of aliphatic hydroxyl groups excluding tert-OH is 1. The van der Waals surface area contributed by atoms with Gasteiger partial charge in [-0.25, -0.2) is 0 Å². The summed E-state index contributed by atoms with van der Waals surface area (Å²) in [7, 11) is 0. The van der Waals surface area contributed by atoms with Crippen LogP contribution in [0.4, 0.5) is 0 Å². The third-order valence-electron chi connectivity index (χ3n) is 3.81. The molecule has 1 atom stereocenters. The van der Waals surface area contributed by atoms with Crippen molar-refractivity contribution in [2.75, 3.05) is 0 Å². The van der Waals surface area contributed by atoms with Crippen LogP contribution in [-0.4, -0.2) is 5.11 Å². The van der Waals surface area contributed by atoms with Gasteiger partial charge in [0.2, 0.25) is 0 Å². The lowest BCUT2D eigenvalue weighted by Gasteiger charge is -2.17. The molecule has 0 aliphatic carbocycles. The van der Waals surface area contributed by atoms with Crippen LogP contribution in [0.1, 0.15) is 47.8 Å². The van der Waals surface area contributed by atoms with Crippen LogP contribution in [0.5, 0.6) is 0 Å². The highest BCUT2D eigenvalue weighted by atomic mass is 35.5. The maximum Gasteiger partial charge on any atom is 0.104 e. The Balaban J connectivity index is 2.45. The fourth-order valence-corrected chi connectivity index (χ4v) is 2.59. The molecule has 2 aromatic rings. The maximum absolute atomic E-state index is 10.7. The molecule has 0 saturated carbocycles. The van der Waals surface area contributed by atoms with Gasteiger partial charge < -0.3 is 5.11 Å². The molecule has 2 rings (SSSR count). The molecule has 0 radical (unpaired) electrons. The Morgan fingerprint density at radius 3 is 2.40 bits per heavy atom. The maximum atomic E-state index is 10.7. The van der Waals surface area contributed by atoms with Crippen molar-refractivity contribution in [2.45, 2.75) is 39.7 Å². The molecule has 0 aliphatic rings. The summed E-state index contributed by atoms with van der Waals surface area (Å²) in [4.78, 5) is 0. The van der Waals surface area contributed by atoms with Crippen LogP contribution in [0.15, 0.2) is 36.4 Å². The highest BCUT2D eigenvalue weighted by Crippen LogP contribution is 2.29. The van der Waals surface area contributed by atoms with Crippen LogP contribution in [-0.2, 0) is 12.8 Å². The minimum Gasteiger partial charge on any atom is -0.384 e. The first-order valence-electron chi connectivity index (χ1n) is 7.12. The van der Waals surface area contributed by atoms with Crippen molar-refractivity contribution < 1.29 is 5.11 Å². The predicted octanol–water partition coefficient (Wildman–Crippen LogP) is 4.85. The van der Waals surface area contributed by atoms with Gasteiger partial charge in [0.15, 0.2) is 0 Å². The molecule has 20 heavy (non-hydrogen) atoms. The fraction of sp³-hybridized carbons (Fsp3) is 0.333. The molecule has 0 amide bonds. The molecule has 1 N–H and O–H groups in total. The molecule has 0 saturated heterocycles. The van der Waals surface area contributed by atoms with Gasteiger partial charge >= 0.3 is 0 Å². The van der Waals surface area contributed by atoms with Gasteiger partial charge in [0, 0.05) is 5.02 Å². The van der Waals surface area contributed by atoms with E-state index in [1.807, 2.05) is 25.1 Å². The predicted molar refractivity (Wildman–Crippen MR) is 85.4 cm³/mol. The van der Waals surface area contributed by atoms with E-state index in [4.69, 9.17) is 11.6 Å². The van der Waals surface area contributed by atoms with Crippen LogP contribution in [0.2, 0.25) is 5.02 Å². The van der Waals surface area contributed by atoms with Gasteiger partial charge in [-0.2, -0.15) is 0 Å². The molecule has 106 valence electrons. The summed E-state index contributed by atoms with van der Waals surface area (Å²) in [6.45, 7) is 6.20. The summed E-state index contributed by atoms with van der Waals surface area (Å²) >= 11 is 6.17. The van der Waals surface area contributed by atoms with E-state index in [2.05, 4.69) is 32.0 Å². The molecule has 0 bridgehead atoms. The molecule has 0 fully saturated rings. The van der Waals surface area contributed by atoms with Crippen molar-refractivity contribution in [3.05, 3.63) is 69.2 Å². The lowest BCUT2D eigenvalue weighted by molar-refractivity contribution is 0.219. The molecular weight excluding hydrogens is 268 g/mol. The lowest BCUT2D eigenvalue weighted by atomic mass is 9.93. The molecule has 0 aliphatic heterocycles. The van der Waals surface area contributed by atoms with Crippen LogP contribution < -0.4 is 0 Å². The summed E-state index contributed by atoms with van der Waals surface area (Å²) in [6.07, 6.45) is 1.27. The Morgan fingerprint density at radius 1 is 1.05 bits per heavy atom. The zero-order chi connectivity index (χ0) is 14.7. The SMILES string of the molecule is CCc1ccc(CC)c(C(O)c2ccc(C)c(Cl)c2)c1. The third kappa shape index (κ3) is 3.05. The number of halogens is 1. The molecule has 0 heterocycles. The Labute approximate surface area is 126 Å². The van der Waals surface area contributed by atoms with Gasteiger partial charge in [-0.15, -0.1) is 0 Å². The second kappa shape index (κ2) is 6.43. The average Bonchev–Trinajstić information content (AvgIpc) is 2.48. The van der Waals surface area contributed by atoms with E-state index in [1.54, 1.807) is 0 Å². The van der Waals surface area contributed by atoms with E-state index in [9.17, 15) is 5.11 Å². The first kappa shape index (κ1) is 15.1. The van der Waals surface area contributed by atoms with E-state index in [0.717, 1.165) is 29.5 Å². The van der Waals surface area contributed by atoms with Gasteiger partial charge in [-0.3, -0.25) is 0 Å². The van der Waals surface area contributed by atoms with Crippen molar-refractivity contribution in [1.29, 1.82) is 0 Å². The van der Waals surface area contributed by atoms with Gasteiger partial charge in [-0.05, 0) is 53.6 Å². The quantitative estimate of drug-likeness (QED) is 0.852. The van der Waals surface area contributed by atoms with Gasteiger partial charge in [-0.1, -0.05) is 55.8 Å². The van der Waals surface area contributed by atoms with Gasteiger partial charge in [0.05, 0.1) is 0 Å². The molecule has 2 aromatic carbocycles. The molecule has 1 unspecified atom stereocenters. The lowest BCUT2D eigenvalue weighted by Crippen LogP contribution is -2.05. The van der Waals surface area contributed by atoms with Crippen LogP contribution >= 0.6 is 11.6 Å². The van der Waals surface area contributed by atoms with Crippen molar-refractivity contribution in [2.24, 2.45) is 0 Å². The van der Waals surface area contributed by atoms with E-state index in [0.29, 0.717) is 5.02 Å². The van der Waals surface area contributed by atoms with Crippen molar-refractivity contribution >= 4 is 11.6 Å². The molecule has 2 heteroatoms. The minimum absolute atomic E-state index is 0.616. The zero-order valence-corrected chi connectivity index (χ0v) is 13.0. The number of rotatable bonds is 4. The molecule has 0 spiro atoms. The fourth-order valence-electron chi connectivity index (χ4n) is 2.40. The highest BCUT2D eigenvalue weighted by molar-refractivity contribution is 6.31.